The van der Waals surface area contributed by atoms with E-state index in [9.17, 15) is 13.2 Å². The third-order valence-electron chi connectivity index (χ3n) is 3.00. The summed E-state index contributed by atoms with van der Waals surface area (Å²) in [6.07, 6.45) is 0. The third-order valence-corrected chi connectivity index (χ3v) is 3.75. The van der Waals surface area contributed by atoms with Gasteiger partial charge in [-0.1, -0.05) is 18.2 Å². The summed E-state index contributed by atoms with van der Waals surface area (Å²) in [4.78, 5) is 12.9. The van der Waals surface area contributed by atoms with Crippen molar-refractivity contribution in [3.8, 4) is 0 Å². The summed E-state index contributed by atoms with van der Waals surface area (Å²) >= 11 is 0. The second kappa shape index (κ2) is 4.58. The molecule has 1 aliphatic rings. The van der Waals surface area contributed by atoms with Gasteiger partial charge in [0, 0.05) is 18.8 Å². The van der Waals surface area contributed by atoms with Crippen LogP contribution in [0.5, 0.6) is 0 Å². The first-order chi connectivity index (χ1) is 8.38. The first-order valence-electron chi connectivity index (χ1n) is 5.45. The number of hydrogen-bond acceptors (Lipinski definition) is 4. The molecule has 0 radical (unpaired) electrons. The van der Waals surface area contributed by atoms with Crippen molar-refractivity contribution in [2.75, 3.05) is 23.7 Å². The van der Waals surface area contributed by atoms with Crippen LogP contribution in [0.2, 0.25) is 0 Å². The topological polar surface area (TPSA) is 101 Å². The van der Waals surface area contributed by atoms with Crippen molar-refractivity contribution in [2.45, 2.75) is 5.92 Å². The third kappa shape index (κ3) is 2.62. The highest BCUT2D eigenvalue weighted by atomic mass is 32.2. The van der Waals surface area contributed by atoms with Gasteiger partial charge in [0.25, 0.3) is 0 Å². The van der Waals surface area contributed by atoms with Crippen molar-refractivity contribution >= 4 is 21.7 Å². The summed E-state index contributed by atoms with van der Waals surface area (Å²) in [6, 6.07) is 7.12. The standard InChI is InChI=1S/C11H14N2O4S/c12-18(16,17)6-5-13-7-9(11(14)15)8-3-1-2-4-10(8)13/h1-4,9H,5-7H2,(H,14,15)(H2,12,16,17). The number of aliphatic carboxylic acids is 1. The second-order valence-corrected chi connectivity index (χ2v) is 6.00. The predicted molar refractivity (Wildman–Crippen MR) is 67.0 cm³/mol. The Hall–Kier alpha value is -1.60. The number of anilines is 1. The van der Waals surface area contributed by atoms with Crippen LogP contribution in [0.15, 0.2) is 24.3 Å². The van der Waals surface area contributed by atoms with E-state index < -0.39 is 21.9 Å². The largest absolute Gasteiger partial charge is 0.481 e. The zero-order chi connectivity index (χ0) is 13.3. The maximum atomic E-state index is 11.1. The molecule has 1 aromatic carbocycles. The van der Waals surface area contributed by atoms with Crippen molar-refractivity contribution in [3.63, 3.8) is 0 Å². The van der Waals surface area contributed by atoms with Crippen LogP contribution in [0.1, 0.15) is 11.5 Å². The lowest BCUT2D eigenvalue weighted by Crippen LogP contribution is -2.32. The minimum absolute atomic E-state index is 0.187. The quantitative estimate of drug-likeness (QED) is 0.799. The lowest BCUT2D eigenvalue weighted by atomic mass is 10.0. The zero-order valence-electron chi connectivity index (χ0n) is 9.61. The van der Waals surface area contributed by atoms with Crippen LogP contribution in [0, 0.1) is 0 Å². The number of carboxylic acids is 1. The number of primary sulfonamides is 1. The van der Waals surface area contributed by atoms with Crippen LogP contribution >= 0.6 is 0 Å². The van der Waals surface area contributed by atoms with Gasteiger partial charge in [-0.15, -0.1) is 0 Å². The molecule has 98 valence electrons. The molecule has 0 saturated heterocycles. The van der Waals surface area contributed by atoms with Crippen molar-refractivity contribution < 1.29 is 18.3 Å². The van der Waals surface area contributed by atoms with E-state index >= 15 is 0 Å². The van der Waals surface area contributed by atoms with E-state index in [2.05, 4.69) is 0 Å². The van der Waals surface area contributed by atoms with Gasteiger partial charge in [-0.3, -0.25) is 4.79 Å². The Kier molecular flexibility index (Phi) is 3.27. The van der Waals surface area contributed by atoms with E-state index in [1.165, 1.54) is 0 Å². The average Bonchev–Trinajstić information content (AvgIpc) is 2.64. The van der Waals surface area contributed by atoms with Gasteiger partial charge < -0.3 is 10.0 Å². The highest BCUT2D eigenvalue weighted by molar-refractivity contribution is 7.89. The zero-order valence-corrected chi connectivity index (χ0v) is 10.4. The molecule has 0 fully saturated rings. The van der Waals surface area contributed by atoms with Gasteiger partial charge in [-0.05, 0) is 11.6 Å². The number of para-hydroxylation sites is 1. The van der Waals surface area contributed by atoms with E-state index in [-0.39, 0.29) is 18.8 Å². The van der Waals surface area contributed by atoms with Crippen LogP contribution in [-0.4, -0.2) is 38.3 Å². The lowest BCUT2D eigenvalue weighted by molar-refractivity contribution is -0.138. The van der Waals surface area contributed by atoms with Crippen molar-refractivity contribution in [1.82, 2.24) is 0 Å². The van der Waals surface area contributed by atoms with E-state index in [0.717, 1.165) is 11.3 Å². The number of carboxylic acid groups (broad SMARTS) is 1. The molecular weight excluding hydrogens is 256 g/mol. The molecule has 7 heteroatoms. The number of hydrogen-bond donors (Lipinski definition) is 2. The van der Waals surface area contributed by atoms with Gasteiger partial charge in [-0.2, -0.15) is 0 Å². The molecule has 1 unspecified atom stereocenters. The first-order valence-corrected chi connectivity index (χ1v) is 7.17. The lowest BCUT2D eigenvalue weighted by Gasteiger charge is -2.18. The highest BCUT2D eigenvalue weighted by Gasteiger charge is 2.33. The summed E-state index contributed by atoms with van der Waals surface area (Å²) in [6.45, 7) is 0.490. The first kappa shape index (κ1) is 12.8. The molecule has 2 rings (SSSR count). The number of sulfonamides is 1. The molecule has 0 spiro atoms. The maximum Gasteiger partial charge on any atom is 0.312 e. The Bertz CT molecular complexity index is 570. The molecular formula is C11H14N2O4S. The van der Waals surface area contributed by atoms with E-state index in [0.29, 0.717) is 0 Å². The summed E-state index contributed by atoms with van der Waals surface area (Å²) in [5, 5.41) is 14.1. The number of rotatable bonds is 4. The normalized spacial score (nSPS) is 18.7. The van der Waals surface area contributed by atoms with E-state index in [1.54, 1.807) is 29.2 Å². The Balaban J connectivity index is 2.23. The number of carbonyl (C=O) groups is 1. The predicted octanol–water partition coefficient (Wildman–Crippen LogP) is -0.0367. The fourth-order valence-electron chi connectivity index (χ4n) is 2.15. The van der Waals surface area contributed by atoms with Crippen LogP contribution in [0.25, 0.3) is 0 Å². The van der Waals surface area contributed by atoms with Crippen molar-refractivity contribution in [3.05, 3.63) is 29.8 Å². The van der Waals surface area contributed by atoms with Crippen molar-refractivity contribution in [1.29, 1.82) is 0 Å². The molecule has 1 heterocycles. The number of benzene rings is 1. The number of nitrogens with two attached hydrogens (primary N) is 1. The van der Waals surface area contributed by atoms with Crippen LogP contribution < -0.4 is 10.0 Å². The molecule has 0 aromatic heterocycles. The van der Waals surface area contributed by atoms with Gasteiger partial charge in [0.2, 0.25) is 10.0 Å². The average molecular weight is 270 g/mol. The fraction of sp³-hybridized carbons (Fsp3) is 0.364. The van der Waals surface area contributed by atoms with Crippen LogP contribution in [-0.2, 0) is 14.8 Å². The van der Waals surface area contributed by atoms with Gasteiger partial charge in [-0.25, -0.2) is 13.6 Å². The minimum atomic E-state index is -3.54. The molecule has 0 bridgehead atoms. The fourth-order valence-corrected chi connectivity index (χ4v) is 2.62. The number of fused-ring (bicyclic) bond motifs is 1. The van der Waals surface area contributed by atoms with Crippen LogP contribution in [0.4, 0.5) is 5.69 Å². The van der Waals surface area contributed by atoms with Gasteiger partial charge in [0.1, 0.15) is 5.92 Å². The molecule has 3 N–H and O–H groups in total. The molecule has 0 saturated carbocycles. The smallest absolute Gasteiger partial charge is 0.312 e. The molecule has 0 amide bonds. The van der Waals surface area contributed by atoms with Gasteiger partial charge in [0.15, 0.2) is 0 Å². The Morgan fingerprint density at radius 3 is 2.72 bits per heavy atom. The van der Waals surface area contributed by atoms with Gasteiger partial charge in [0.05, 0.1) is 5.75 Å². The SMILES string of the molecule is NS(=O)(=O)CCN1CC(C(=O)O)c2ccccc21. The van der Waals surface area contributed by atoms with E-state index in [4.69, 9.17) is 10.2 Å². The van der Waals surface area contributed by atoms with E-state index in [1.807, 2.05) is 0 Å². The second-order valence-electron chi connectivity index (χ2n) is 4.26. The Labute approximate surface area is 105 Å². The molecule has 18 heavy (non-hydrogen) atoms. The molecule has 6 nitrogen and oxygen atoms in total. The van der Waals surface area contributed by atoms with Gasteiger partial charge >= 0.3 is 5.97 Å². The monoisotopic (exact) mass is 270 g/mol. The number of nitrogens with zero attached hydrogens (tertiary/aromatic N) is 1. The van der Waals surface area contributed by atoms with Crippen LogP contribution in [0.3, 0.4) is 0 Å². The van der Waals surface area contributed by atoms with Crippen molar-refractivity contribution in [2.24, 2.45) is 5.14 Å². The Morgan fingerprint density at radius 1 is 1.44 bits per heavy atom. The Morgan fingerprint density at radius 2 is 2.11 bits per heavy atom. The maximum absolute atomic E-state index is 11.1. The summed E-state index contributed by atoms with van der Waals surface area (Å²) < 4.78 is 21.9. The summed E-state index contributed by atoms with van der Waals surface area (Å²) in [5.74, 6) is -1.70. The molecule has 1 aliphatic heterocycles. The molecule has 1 aromatic rings. The highest BCUT2D eigenvalue weighted by Crippen LogP contribution is 2.35. The summed E-state index contributed by atoms with van der Waals surface area (Å²) in [7, 11) is -3.54. The summed E-state index contributed by atoms with van der Waals surface area (Å²) in [5.41, 5.74) is 1.49. The molecule has 0 aliphatic carbocycles. The minimum Gasteiger partial charge on any atom is -0.481 e. The molecule has 1 atom stereocenters.